The van der Waals surface area contributed by atoms with Crippen molar-refractivity contribution in [1.29, 1.82) is 0 Å². The first kappa shape index (κ1) is 20.1. The lowest BCUT2D eigenvalue weighted by molar-refractivity contribution is 0.0764. The molecule has 0 N–H and O–H groups in total. The van der Waals surface area contributed by atoms with Crippen LogP contribution in [0.1, 0.15) is 39.4 Å². The van der Waals surface area contributed by atoms with Crippen LogP contribution in [0.25, 0.3) is 22.1 Å². The molecular weight excluding hydrogens is 355 g/mol. The minimum atomic E-state index is -0.487. The summed E-state index contributed by atoms with van der Waals surface area (Å²) < 4.78 is 24.2. The fourth-order valence-electron chi connectivity index (χ4n) is 2.71. The van der Waals surface area contributed by atoms with Crippen molar-refractivity contribution in [3.05, 3.63) is 69.3 Å². The molecule has 0 fully saturated rings. The van der Waals surface area contributed by atoms with Gasteiger partial charge in [-0.05, 0) is 43.7 Å². The summed E-state index contributed by atoms with van der Waals surface area (Å²) in [5.74, 6) is -0.427. The van der Waals surface area contributed by atoms with Gasteiger partial charge in [-0.25, -0.2) is 9.18 Å². The number of rotatable bonds is 4. The Hall–Kier alpha value is -2.17. The molecule has 0 saturated heterocycles. The zero-order chi connectivity index (χ0) is 19.3. The third-order valence-corrected chi connectivity index (χ3v) is 4.19. The van der Waals surface area contributed by atoms with Crippen molar-refractivity contribution in [2.45, 2.75) is 33.8 Å². The Labute approximate surface area is 157 Å². The number of halogens is 2. The van der Waals surface area contributed by atoms with Crippen LogP contribution < -0.4 is 5.63 Å². The third kappa shape index (κ3) is 4.32. The molecule has 3 nitrogen and oxygen atoms in total. The molecule has 0 saturated carbocycles. The van der Waals surface area contributed by atoms with E-state index in [0.29, 0.717) is 23.3 Å². The summed E-state index contributed by atoms with van der Waals surface area (Å²) in [7, 11) is 0. The van der Waals surface area contributed by atoms with Crippen LogP contribution in [0.4, 0.5) is 4.39 Å². The lowest BCUT2D eigenvalue weighted by atomic mass is 10.00. The molecule has 3 aromatic rings. The third-order valence-electron chi connectivity index (χ3n) is 3.88. The highest BCUT2D eigenvalue weighted by Crippen LogP contribution is 2.34. The second-order valence-corrected chi connectivity index (χ2v) is 5.86. The predicted molar refractivity (Wildman–Crippen MR) is 104 cm³/mol. The maximum absolute atomic E-state index is 13.3. The van der Waals surface area contributed by atoms with Crippen LogP contribution in [0.2, 0.25) is 5.02 Å². The summed E-state index contributed by atoms with van der Waals surface area (Å²) in [5.41, 5.74) is 2.07. The quantitative estimate of drug-likeness (QED) is 0.496. The molecule has 1 heterocycles. The molecule has 3 rings (SSSR count). The van der Waals surface area contributed by atoms with Crippen LogP contribution in [0.3, 0.4) is 0 Å². The number of benzene rings is 2. The second kappa shape index (κ2) is 8.97. The maximum Gasteiger partial charge on any atom is 0.336 e. The fraction of sp³-hybridized carbons (Fsp3) is 0.286. The van der Waals surface area contributed by atoms with Crippen molar-refractivity contribution in [3.63, 3.8) is 0 Å². The Bertz CT molecular complexity index is 950. The zero-order valence-electron chi connectivity index (χ0n) is 15.3. The average Bonchev–Trinajstić information content (AvgIpc) is 2.62. The summed E-state index contributed by atoms with van der Waals surface area (Å²) in [5, 5.41) is 0.976. The minimum absolute atomic E-state index is 0.109. The number of hydrogen-bond acceptors (Lipinski definition) is 3. The van der Waals surface area contributed by atoms with Crippen LogP contribution in [-0.4, -0.2) is 6.61 Å². The van der Waals surface area contributed by atoms with Crippen molar-refractivity contribution in [1.82, 2.24) is 0 Å². The smallest absolute Gasteiger partial charge is 0.336 e. The zero-order valence-corrected chi connectivity index (χ0v) is 16.1. The van der Waals surface area contributed by atoms with E-state index in [-0.39, 0.29) is 11.1 Å². The lowest BCUT2D eigenvalue weighted by Gasteiger charge is -2.13. The van der Waals surface area contributed by atoms with Gasteiger partial charge in [0, 0.05) is 29.2 Å². The largest absolute Gasteiger partial charge is 0.423 e. The molecular formula is C21H22ClFO3. The van der Waals surface area contributed by atoms with E-state index >= 15 is 0 Å². The van der Waals surface area contributed by atoms with Gasteiger partial charge in [0.15, 0.2) is 0 Å². The van der Waals surface area contributed by atoms with E-state index in [4.69, 9.17) is 20.8 Å². The SMILES string of the molecule is CC.CCOC(C)c1ccc2c(-c3ccc(F)cc3Cl)cc(=O)oc2c1. The molecule has 138 valence electrons. The number of ether oxygens (including phenoxy) is 1. The molecule has 0 aliphatic rings. The monoisotopic (exact) mass is 376 g/mol. The van der Waals surface area contributed by atoms with Gasteiger partial charge in [-0.15, -0.1) is 0 Å². The van der Waals surface area contributed by atoms with E-state index in [1.165, 1.54) is 18.2 Å². The summed E-state index contributed by atoms with van der Waals surface area (Å²) in [4.78, 5) is 11.9. The van der Waals surface area contributed by atoms with Gasteiger partial charge in [0.25, 0.3) is 0 Å². The van der Waals surface area contributed by atoms with Crippen molar-refractivity contribution in [3.8, 4) is 11.1 Å². The van der Waals surface area contributed by atoms with Gasteiger partial charge in [-0.3, -0.25) is 0 Å². The maximum atomic E-state index is 13.3. The first-order valence-electron chi connectivity index (χ1n) is 8.64. The molecule has 5 heteroatoms. The molecule has 0 radical (unpaired) electrons. The number of fused-ring (bicyclic) bond motifs is 1. The van der Waals surface area contributed by atoms with Crippen LogP contribution in [-0.2, 0) is 4.74 Å². The molecule has 26 heavy (non-hydrogen) atoms. The van der Waals surface area contributed by atoms with Crippen LogP contribution >= 0.6 is 11.6 Å². The highest BCUT2D eigenvalue weighted by Gasteiger charge is 2.14. The highest BCUT2D eigenvalue weighted by atomic mass is 35.5. The van der Waals surface area contributed by atoms with Gasteiger partial charge >= 0.3 is 5.63 Å². The van der Waals surface area contributed by atoms with Gasteiger partial charge in [-0.2, -0.15) is 0 Å². The molecule has 0 aliphatic heterocycles. The Kier molecular flexibility index (Phi) is 6.95. The van der Waals surface area contributed by atoms with Gasteiger partial charge in [0.1, 0.15) is 11.4 Å². The van der Waals surface area contributed by atoms with Crippen molar-refractivity contribution < 1.29 is 13.5 Å². The second-order valence-electron chi connectivity index (χ2n) is 5.46. The summed E-state index contributed by atoms with van der Waals surface area (Å²) in [6.45, 7) is 8.45. The minimum Gasteiger partial charge on any atom is -0.423 e. The van der Waals surface area contributed by atoms with Crippen molar-refractivity contribution in [2.75, 3.05) is 6.61 Å². The summed E-state index contributed by atoms with van der Waals surface area (Å²) in [6, 6.07) is 11.0. The normalized spacial score (nSPS) is 11.8. The Morgan fingerprint density at radius 1 is 1.12 bits per heavy atom. The van der Waals surface area contributed by atoms with E-state index in [2.05, 4.69) is 0 Å². The average molecular weight is 377 g/mol. The molecule has 1 aromatic heterocycles. The fourth-order valence-corrected chi connectivity index (χ4v) is 2.98. The molecule has 0 aliphatic carbocycles. The van der Waals surface area contributed by atoms with Crippen LogP contribution in [0.15, 0.2) is 51.7 Å². The topological polar surface area (TPSA) is 39.4 Å². The van der Waals surface area contributed by atoms with Gasteiger partial charge in [0.05, 0.1) is 11.1 Å². The van der Waals surface area contributed by atoms with Crippen molar-refractivity contribution in [2.24, 2.45) is 0 Å². The van der Waals surface area contributed by atoms with Crippen LogP contribution in [0.5, 0.6) is 0 Å². The molecule has 0 spiro atoms. The standard InChI is InChI=1S/C19H16ClFO3.C2H6/c1-3-23-11(2)12-4-6-15-16(10-19(22)24-18(15)8-12)14-7-5-13(21)9-17(14)20;1-2/h4-11H,3H2,1-2H3;1-2H3. The first-order valence-corrected chi connectivity index (χ1v) is 9.02. The number of hydrogen-bond donors (Lipinski definition) is 0. The van der Waals surface area contributed by atoms with E-state index < -0.39 is 11.4 Å². The van der Waals surface area contributed by atoms with E-state index in [9.17, 15) is 9.18 Å². The molecule has 2 aromatic carbocycles. The molecule has 1 atom stereocenters. The molecule has 0 amide bonds. The van der Waals surface area contributed by atoms with Crippen LogP contribution in [0, 0.1) is 5.82 Å². The summed E-state index contributed by atoms with van der Waals surface area (Å²) in [6.07, 6.45) is -0.109. The lowest BCUT2D eigenvalue weighted by Crippen LogP contribution is -2.02. The Morgan fingerprint density at radius 2 is 1.85 bits per heavy atom. The molecule has 0 bridgehead atoms. The van der Waals surface area contributed by atoms with Gasteiger partial charge in [-0.1, -0.05) is 37.6 Å². The van der Waals surface area contributed by atoms with Gasteiger partial charge < -0.3 is 9.15 Å². The Morgan fingerprint density at radius 3 is 2.50 bits per heavy atom. The van der Waals surface area contributed by atoms with Crippen molar-refractivity contribution >= 4 is 22.6 Å². The predicted octanol–water partition coefficient (Wildman–Crippen LogP) is 6.38. The molecule has 1 unspecified atom stereocenters. The highest BCUT2D eigenvalue weighted by molar-refractivity contribution is 6.33. The first-order chi connectivity index (χ1) is 12.5. The van der Waals surface area contributed by atoms with E-state index in [0.717, 1.165) is 10.9 Å². The van der Waals surface area contributed by atoms with E-state index in [1.807, 2.05) is 39.8 Å². The van der Waals surface area contributed by atoms with Gasteiger partial charge in [0.2, 0.25) is 0 Å². The Balaban J connectivity index is 0.00000117. The summed E-state index contributed by atoms with van der Waals surface area (Å²) >= 11 is 6.15. The van der Waals surface area contributed by atoms with E-state index in [1.54, 1.807) is 12.1 Å².